The monoisotopic (exact) mass is 360 g/mol. The van der Waals surface area contributed by atoms with E-state index in [9.17, 15) is 9.90 Å². The molecule has 0 aromatic heterocycles. The summed E-state index contributed by atoms with van der Waals surface area (Å²) in [7, 11) is 0. The summed E-state index contributed by atoms with van der Waals surface area (Å²) in [6.07, 6.45) is 1.71. The molecular formula is C20H24O6. The van der Waals surface area contributed by atoms with Gasteiger partial charge in [-0.2, -0.15) is 0 Å². The average molecular weight is 360 g/mol. The number of fused-ring (bicyclic) bond motifs is 4. The smallest absolute Gasteiger partial charge is 0.334 e. The van der Waals surface area contributed by atoms with Crippen LogP contribution < -0.4 is 0 Å². The highest BCUT2D eigenvalue weighted by Gasteiger charge is 3.00. The molecule has 0 amide bonds. The van der Waals surface area contributed by atoms with Crippen LogP contribution >= 0.6 is 0 Å². The molecule has 2 saturated carbocycles. The molecule has 4 heterocycles. The molecule has 0 aromatic carbocycles. The maximum atomic E-state index is 12.1. The average Bonchev–Trinajstić information content (AvgIpc) is 3.47. The highest BCUT2D eigenvalue weighted by atomic mass is 16.7. The number of aliphatic hydroxyl groups is 1. The molecule has 3 saturated heterocycles. The summed E-state index contributed by atoms with van der Waals surface area (Å²) in [5.41, 5.74) is 0.230. The van der Waals surface area contributed by atoms with E-state index in [-0.39, 0.29) is 41.5 Å². The maximum absolute atomic E-state index is 12.1. The van der Waals surface area contributed by atoms with Gasteiger partial charge in [0.15, 0.2) is 5.60 Å². The highest BCUT2D eigenvalue weighted by molar-refractivity contribution is 5.92. The van der Waals surface area contributed by atoms with Crippen molar-refractivity contribution in [1.82, 2.24) is 0 Å². The van der Waals surface area contributed by atoms with Gasteiger partial charge in [-0.3, -0.25) is 0 Å². The van der Waals surface area contributed by atoms with E-state index in [1.807, 2.05) is 0 Å². The lowest BCUT2D eigenvalue weighted by Crippen LogP contribution is -2.69. The van der Waals surface area contributed by atoms with Gasteiger partial charge in [-0.15, -0.1) is 0 Å². The molecule has 0 bridgehead atoms. The molecule has 1 N–H and O–H groups in total. The Morgan fingerprint density at radius 3 is 2.77 bits per heavy atom. The van der Waals surface area contributed by atoms with Crippen LogP contribution in [0, 0.1) is 17.3 Å². The zero-order chi connectivity index (χ0) is 17.9. The highest BCUT2D eigenvalue weighted by Crippen LogP contribution is 2.82. The number of rotatable bonds is 1. The summed E-state index contributed by atoms with van der Waals surface area (Å²) in [6, 6.07) is 0. The number of cyclic esters (lactones) is 1. The fourth-order valence-electron chi connectivity index (χ4n) is 7.70. The number of epoxide rings is 3. The molecule has 0 aromatic rings. The van der Waals surface area contributed by atoms with Crippen LogP contribution in [0.2, 0.25) is 0 Å². The Kier molecular flexibility index (Phi) is 2.19. The first-order chi connectivity index (χ1) is 12.3. The Bertz CT molecular complexity index is 819. The number of aliphatic hydroxyl groups excluding tert-OH is 1. The molecule has 4 aliphatic heterocycles. The summed E-state index contributed by atoms with van der Waals surface area (Å²) in [5, 5.41) is 11.4. The third-order valence-electron chi connectivity index (χ3n) is 9.10. The first-order valence-electron chi connectivity index (χ1n) is 9.95. The lowest BCUT2D eigenvalue weighted by molar-refractivity contribution is -0.136. The summed E-state index contributed by atoms with van der Waals surface area (Å²) in [5.74, 6) is 0.297. The van der Waals surface area contributed by atoms with Crippen molar-refractivity contribution in [2.45, 2.75) is 81.3 Å². The molecule has 0 radical (unpaired) electrons. The minimum Gasteiger partial charge on any atom is -0.458 e. The molecule has 6 nitrogen and oxygen atoms in total. The summed E-state index contributed by atoms with van der Waals surface area (Å²) >= 11 is 0. The van der Waals surface area contributed by atoms with E-state index < -0.39 is 22.9 Å². The van der Waals surface area contributed by atoms with Gasteiger partial charge in [-0.05, 0) is 36.7 Å². The number of esters is 1. The molecule has 2 spiro atoms. The number of hydrogen-bond donors (Lipinski definition) is 1. The van der Waals surface area contributed by atoms with Gasteiger partial charge >= 0.3 is 5.97 Å². The molecule has 6 heteroatoms. The topological polar surface area (TPSA) is 84.1 Å². The molecule has 26 heavy (non-hydrogen) atoms. The Balaban J connectivity index is 1.39. The van der Waals surface area contributed by atoms with Crippen molar-refractivity contribution in [3.63, 3.8) is 0 Å². The third-order valence-corrected chi connectivity index (χ3v) is 9.10. The van der Waals surface area contributed by atoms with Crippen LogP contribution in [0.3, 0.4) is 0 Å². The molecule has 8 unspecified atom stereocenters. The van der Waals surface area contributed by atoms with Gasteiger partial charge in [-0.25, -0.2) is 4.79 Å². The van der Waals surface area contributed by atoms with Gasteiger partial charge in [0.2, 0.25) is 0 Å². The van der Waals surface area contributed by atoms with Gasteiger partial charge < -0.3 is 24.1 Å². The number of hydrogen-bond acceptors (Lipinski definition) is 6. The molecule has 5 fully saturated rings. The Morgan fingerprint density at radius 1 is 1.19 bits per heavy atom. The van der Waals surface area contributed by atoms with Crippen LogP contribution in [0.1, 0.15) is 40.0 Å². The van der Waals surface area contributed by atoms with Crippen molar-refractivity contribution in [2.24, 2.45) is 17.3 Å². The van der Waals surface area contributed by atoms with Crippen molar-refractivity contribution < 1.29 is 28.8 Å². The maximum Gasteiger partial charge on any atom is 0.334 e. The molecule has 140 valence electrons. The van der Waals surface area contributed by atoms with E-state index in [0.29, 0.717) is 6.61 Å². The van der Waals surface area contributed by atoms with Crippen LogP contribution in [0.25, 0.3) is 0 Å². The zero-order valence-corrected chi connectivity index (χ0v) is 15.3. The van der Waals surface area contributed by atoms with Gasteiger partial charge in [0.05, 0.1) is 6.10 Å². The minimum atomic E-state index is -0.654. The SMILES string of the molecule is CC(C)[C@@]12OC1C1OC13C1(C)CCC4=C(COC4=O)C1CC1OC13C2O. The van der Waals surface area contributed by atoms with Crippen molar-refractivity contribution in [2.75, 3.05) is 6.61 Å². The fourth-order valence-corrected chi connectivity index (χ4v) is 7.70. The number of carbonyl (C=O) groups is 1. The second kappa shape index (κ2) is 3.79. The second-order valence-corrected chi connectivity index (χ2v) is 9.91. The zero-order valence-electron chi connectivity index (χ0n) is 15.3. The lowest BCUT2D eigenvalue weighted by Gasteiger charge is -2.53. The summed E-state index contributed by atoms with van der Waals surface area (Å²) in [6.45, 7) is 6.91. The van der Waals surface area contributed by atoms with Crippen LogP contribution in [0.5, 0.6) is 0 Å². The normalized spacial score (nSPS) is 63.1. The second-order valence-electron chi connectivity index (χ2n) is 9.91. The molecule has 7 rings (SSSR count). The van der Waals surface area contributed by atoms with Gasteiger partial charge in [0.1, 0.15) is 36.1 Å². The van der Waals surface area contributed by atoms with E-state index in [2.05, 4.69) is 20.8 Å². The quantitative estimate of drug-likeness (QED) is 0.557. The van der Waals surface area contributed by atoms with Gasteiger partial charge in [0, 0.05) is 11.0 Å². The number of ether oxygens (including phenoxy) is 4. The van der Waals surface area contributed by atoms with Crippen molar-refractivity contribution in [1.29, 1.82) is 0 Å². The molecular weight excluding hydrogens is 336 g/mol. The fraction of sp³-hybridized carbons (Fsp3) is 0.850. The van der Waals surface area contributed by atoms with Crippen LogP contribution in [-0.4, -0.2) is 58.9 Å². The Morgan fingerprint density at radius 2 is 2.00 bits per heavy atom. The predicted octanol–water partition coefficient (Wildman–Crippen LogP) is 1.10. The number of carbonyl (C=O) groups excluding carboxylic acids is 1. The van der Waals surface area contributed by atoms with Gasteiger partial charge in [-0.1, -0.05) is 20.8 Å². The summed E-state index contributed by atoms with van der Waals surface area (Å²) < 4.78 is 24.3. The van der Waals surface area contributed by atoms with E-state index in [1.165, 1.54) is 0 Å². The Hall–Kier alpha value is -0.950. The van der Waals surface area contributed by atoms with Crippen molar-refractivity contribution in [3.05, 3.63) is 11.1 Å². The third kappa shape index (κ3) is 1.14. The van der Waals surface area contributed by atoms with E-state index in [1.54, 1.807) is 0 Å². The van der Waals surface area contributed by atoms with E-state index in [4.69, 9.17) is 18.9 Å². The summed E-state index contributed by atoms with van der Waals surface area (Å²) in [4.78, 5) is 12.1. The molecule has 7 aliphatic rings. The van der Waals surface area contributed by atoms with E-state index >= 15 is 0 Å². The first kappa shape index (κ1) is 15.0. The largest absolute Gasteiger partial charge is 0.458 e. The standard InChI is InChI=1S/C20H24O6/c1-8(2)18-13(25-18)14-20(26-14)17(3)5-4-9-10(7-23-15(9)21)11(17)6-12-19(20,24-12)16(18)22/h8,11-14,16,22H,4-7H2,1-3H3/t11?,12?,13?,14?,16?,17?,18-,19?,20?/m1/s1. The van der Waals surface area contributed by atoms with Crippen LogP contribution in [-0.2, 0) is 23.7 Å². The van der Waals surface area contributed by atoms with Crippen molar-refractivity contribution in [3.8, 4) is 0 Å². The molecule has 9 atom stereocenters. The van der Waals surface area contributed by atoms with Crippen LogP contribution in [0.15, 0.2) is 11.1 Å². The molecule has 3 aliphatic carbocycles. The van der Waals surface area contributed by atoms with Gasteiger partial charge in [0.25, 0.3) is 0 Å². The predicted molar refractivity (Wildman–Crippen MR) is 87.1 cm³/mol. The lowest BCUT2D eigenvalue weighted by atomic mass is 9.46. The minimum absolute atomic E-state index is 0.00808. The first-order valence-corrected chi connectivity index (χ1v) is 9.95. The van der Waals surface area contributed by atoms with Crippen molar-refractivity contribution >= 4 is 5.97 Å². The Labute approximate surface area is 151 Å². The van der Waals surface area contributed by atoms with Crippen LogP contribution in [0.4, 0.5) is 0 Å². The van der Waals surface area contributed by atoms with E-state index in [0.717, 1.165) is 30.4 Å².